The van der Waals surface area contributed by atoms with Gasteiger partial charge in [-0.3, -0.25) is 14.5 Å². The van der Waals surface area contributed by atoms with Crippen molar-refractivity contribution in [2.45, 2.75) is 26.4 Å². The van der Waals surface area contributed by atoms with Crippen LogP contribution in [0.2, 0.25) is 5.02 Å². The van der Waals surface area contributed by atoms with Gasteiger partial charge in [-0.2, -0.15) is 0 Å². The molecule has 0 saturated heterocycles. The van der Waals surface area contributed by atoms with Crippen LogP contribution < -0.4 is 15.2 Å². The van der Waals surface area contributed by atoms with E-state index in [0.29, 0.717) is 51.5 Å². The second kappa shape index (κ2) is 8.70. The average molecular weight is 490 g/mol. The predicted octanol–water partition coefficient (Wildman–Crippen LogP) is 4.38. The van der Waals surface area contributed by atoms with E-state index in [9.17, 15) is 9.59 Å². The van der Waals surface area contributed by atoms with Crippen LogP contribution in [0.1, 0.15) is 40.3 Å². The minimum Gasteiger partial charge on any atom is -0.480 e. The number of hydrogen-bond donors (Lipinski definition) is 0. The van der Waals surface area contributed by atoms with E-state index < -0.39 is 6.04 Å². The monoisotopic (exact) mass is 489 g/mol. The number of amides is 1. The minimum absolute atomic E-state index is 0.108. The average Bonchev–Trinajstić information content (AvgIpc) is 3.37. The molecule has 0 spiro atoms. The van der Waals surface area contributed by atoms with Gasteiger partial charge in [0, 0.05) is 36.6 Å². The molecule has 0 unspecified atom stereocenters. The van der Waals surface area contributed by atoms with E-state index in [4.69, 9.17) is 21.3 Å². The first-order chi connectivity index (χ1) is 16.8. The van der Waals surface area contributed by atoms with Gasteiger partial charge in [0.2, 0.25) is 5.88 Å². The lowest BCUT2D eigenvalue weighted by Crippen LogP contribution is -2.32. The highest BCUT2D eigenvalue weighted by Crippen LogP contribution is 2.43. The summed E-state index contributed by atoms with van der Waals surface area (Å²) >= 11 is 6.17. The van der Waals surface area contributed by atoms with E-state index in [-0.39, 0.29) is 11.5 Å². The van der Waals surface area contributed by atoms with Crippen LogP contribution in [-0.2, 0) is 13.6 Å². The Labute approximate surface area is 207 Å². The highest BCUT2D eigenvalue weighted by atomic mass is 35.5. The van der Waals surface area contributed by atoms with E-state index in [1.807, 2.05) is 35.8 Å². The van der Waals surface area contributed by atoms with Crippen LogP contribution >= 0.6 is 11.6 Å². The number of carbonyl (C=O) groups excluding carboxylic acids is 1. The van der Waals surface area contributed by atoms with Crippen molar-refractivity contribution in [3.8, 4) is 17.3 Å². The molecule has 0 saturated carbocycles. The fraction of sp³-hybridized carbons (Fsp3) is 0.231. The molecule has 0 radical (unpaired) electrons. The molecule has 4 aromatic rings. The SMILES string of the molecule is CCn1c(-c2cccnc2OC)nc2c1C(=O)N(c1cc(C)c(=O)n(C)c1)[C@@H]2c1ccc(Cl)cc1. The molecule has 3 aromatic heterocycles. The summed E-state index contributed by atoms with van der Waals surface area (Å²) in [5.74, 6) is 0.861. The van der Waals surface area contributed by atoms with Crippen LogP contribution in [0.15, 0.2) is 59.7 Å². The smallest absolute Gasteiger partial charge is 0.277 e. The number of nitrogens with zero attached hydrogens (tertiary/aromatic N) is 5. The molecule has 4 heterocycles. The molecule has 1 aliphatic heterocycles. The van der Waals surface area contributed by atoms with Gasteiger partial charge in [0.25, 0.3) is 11.5 Å². The molecule has 0 N–H and O–H groups in total. The lowest BCUT2D eigenvalue weighted by Gasteiger charge is -2.26. The van der Waals surface area contributed by atoms with Crippen molar-refractivity contribution in [2.24, 2.45) is 7.05 Å². The Kier molecular flexibility index (Phi) is 5.68. The summed E-state index contributed by atoms with van der Waals surface area (Å²) in [6.45, 7) is 4.24. The Morgan fingerprint density at radius 2 is 1.89 bits per heavy atom. The van der Waals surface area contributed by atoms with Gasteiger partial charge in [-0.1, -0.05) is 23.7 Å². The fourth-order valence-electron chi connectivity index (χ4n) is 4.68. The fourth-order valence-corrected chi connectivity index (χ4v) is 4.81. The van der Waals surface area contributed by atoms with Gasteiger partial charge in [-0.15, -0.1) is 0 Å². The number of aryl methyl sites for hydroxylation is 2. The summed E-state index contributed by atoms with van der Waals surface area (Å²) in [7, 11) is 3.24. The van der Waals surface area contributed by atoms with E-state index >= 15 is 0 Å². The van der Waals surface area contributed by atoms with Crippen LogP contribution in [0.4, 0.5) is 5.69 Å². The first-order valence-electron chi connectivity index (χ1n) is 11.2. The van der Waals surface area contributed by atoms with E-state index in [0.717, 1.165) is 5.56 Å². The molecule has 178 valence electrons. The molecule has 1 atom stereocenters. The van der Waals surface area contributed by atoms with Crippen molar-refractivity contribution >= 4 is 23.2 Å². The number of benzene rings is 1. The zero-order chi connectivity index (χ0) is 24.9. The van der Waals surface area contributed by atoms with Crippen molar-refractivity contribution in [3.63, 3.8) is 0 Å². The minimum atomic E-state index is -0.499. The quantitative estimate of drug-likeness (QED) is 0.415. The normalized spacial score (nSPS) is 14.9. The van der Waals surface area contributed by atoms with Crippen LogP contribution in [0.3, 0.4) is 0 Å². The van der Waals surface area contributed by atoms with E-state index in [1.165, 1.54) is 4.57 Å². The Hall–Kier alpha value is -3.91. The van der Waals surface area contributed by atoms with Crippen LogP contribution in [0, 0.1) is 6.92 Å². The largest absolute Gasteiger partial charge is 0.480 e. The lowest BCUT2D eigenvalue weighted by molar-refractivity contribution is 0.0985. The van der Waals surface area contributed by atoms with Gasteiger partial charge in [-0.05, 0) is 49.7 Å². The van der Waals surface area contributed by atoms with Crippen molar-refractivity contribution in [1.29, 1.82) is 0 Å². The number of anilines is 1. The maximum Gasteiger partial charge on any atom is 0.277 e. The third-order valence-corrected chi connectivity index (χ3v) is 6.52. The first kappa shape index (κ1) is 22.9. The molecule has 35 heavy (non-hydrogen) atoms. The summed E-state index contributed by atoms with van der Waals surface area (Å²) in [5, 5.41) is 0.600. The molecule has 9 heteroatoms. The van der Waals surface area contributed by atoms with Crippen molar-refractivity contribution in [3.05, 3.63) is 92.7 Å². The Morgan fingerprint density at radius 3 is 2.54 bits per heavy atom. The number of aromatic nitrogens is 4. The Balaban J connectivity index is 1.76. The van der Waals surface area contributed by atoms with Gasteiger partial charge in [0.1, 0.15) is 17.6 Å². The second-order valence-corrected chi connectivity index (χ2v) is 8.84. The Bertz CT molecular complexity index is 1480. The van der Waals surface area contributed by atoms with Gasteiger partial charge in [0.05, 0.1) is 24.1 Å². The predicted molar refractivity (Wildman–Crippen MR) is 134 cm³/mol. The standard InChI is InChI=1S/C26H24ClN5O3/c1-5-31-22-20(29-23(31)19-7-6-12-28-24(19)35-4)21(16-8-10-17(27)11-9-16)32(26(22)34)18-13-15(2)25(33)30(3)14-18/h6-14,21H,5H2,1-4H3/t21-/m1/s1. The summed E-state index contributed by atoms with van der Waals surface area (Å²) < 4.78 is 8.86. The maximum atomic E-state index is 14.0. The van der Waals surface area contributed by atoms with E-state index in [2.05, 4.69) is 4.98 Å². The third-order valence-electron chi connectivity index (χ3n) is 6.27. The second-order valence-electron chi connectivity index (χ2n) is 8.40. The number of rotatable bonds is 5. The zero-order valence-electron chi connectivity index (χ0n) is 19.8. The number of carbonyl (C=O) groups is 1. The van der Waals surface area contributed by atoms with Crippen LogP contribution in [0.5, 0.6) is 5.88 Å². The van der Waals surface area contributed by atoms with Gasteiger partial charge in [-0.25, -0.2) is 9.97 Å². The molecule has 8 nitrogen and oxygen atoms in total. The lowest BCUT2D eigenvalue weighted by atomic mass is 10.0. The molecular weight excluding hydrogens is 466 g/mol. The summed E-state index contributed by atoms with van der Waals surface area (Å²) in [6.07, 6.45) is 3.34. The number of methoxy groups -OCH3 is 1. The maximum absolute atomic E-state index is 14.0. The summed E-state index contributed by atoms with van der Waals surface area (Å²) in [6, 6.07) is 12.3. The number of halogens is 1. The van der Waals surface area contributed by atoms with Gasteiger partial charge >= 0.3 is 0 Å². The Morgan fingerprint density at radius 1 is 1.14 bits per heavy atom. The van der Waals surface area contributed by atoms with Crippen molar-refractivity contribution in [1.82, 2.24) is 19.1 Å². The van der Waals surface area contributed by atoms with Gasteiger partial charge < -0.3 is 13.9 Å². The number of pyridine rings is 2. The topological polar surface area (TPSA) is 82.2 Å². The summed E-state index contributed by atoms with van der Waals surface area (Å²) in [5.41, 5.74) is 3.76. The molecule has 1 amide bonds. The molecule has 1 aromatic carbocycles. The molecule has 0 aliphatic carbocycles. The molecule has 0 bridgehead atoms. The summed E-state index contributed by atoms with van der Waals surface area (Å²) in [4.78, 5) is 37.4. The number of hydrogen-bond acceptors (Lipinski definition) is 5. The molecule has 0 fully saturated rings. The van der Waals surface area contributed by atoms with Gasteiger partial charge in [0.15, 0.2) is 0 Å². The first-order valence-corrected chi connectivity index (χ1v) is 11.6. The van der Waals surface area contributed by atoms with E-state index in [1.54, 1.807) is 56.6 Å². The molecular formula is C26H24ClN5O3. The highest BCUT2D eigenvalue weighted by Gasteiger charge is 2.44. The van der Waals surface area contributed by atoms with Crippen LogP contribution in [0.25, 0.3) is 11.4 Å². The molecule has 5 rings (SSSR count). The number of fused-ring (bicyclic) bond motifs is 1. The van der Waals surface area contributed by atoms with Crippen LogP contribution in [-0.4, -0.2) is 32.1 Å². The van der Waals surface area contributed by atoms with Crippen molar-refractivity contribution < 1.29 is 9.53 Å². The third kappa shape index (κ3) is 3.61. The van der Waals surface area contributed by atoms with Crippen molar-refractivity contribution in [2.75, 3.05) is 12.0 Å². The number of imidazole rings is 1. The zero-order valence-corrected chi connectivity index (χ0v) is 20.6. The highest BCUT2D eigenvalue weighted by molar-refractivity contribution is 6.30. The number of ether oxygens (including phenoxy) is 1. The molecule has 1 aliphatic rings.